The Bertz CT molecular complexity index is 1280. The molecule has 12 heteroatoms. The zero-order valence-corrected chi connectivity index (χ0v) is 24.7. The van der Waals surface area contributed by atoms with Gasteiger partial charge in [0.2, 0.25) is 0 Å². The van der Waals surface area contributed by atoms with Crippen molar-refractivity contribution in [1.82, 2.24) is 4.90 Å². The second-order valence-electron chi connectivity index (χ2n) is 9.88. The van der Waals surface area contributed by atoms with E-state index in [2.05, 4.69) is 0 Å². The Morgan fingerprint density at radius 2 is 1.70 bits per heavy atom. The summed E-state index contributed by atoms with van der Waals surface area (Å²) in [5.41, 5.74) is 1.59. The fourth-order valence-corrected chi connectivity index (χ4v) is 4.38. The first-order valence-corrected chi connectivity index (χ1v) is 14.1. The molecule has 12 nitrogen and oxygen atoms in total. The number of hydrogen-bond donors (Lipinski definition) is 1. The van der Waals surface area contributed by atoms with Crippen LogP contribution in [0.3, 0.4) is 0 Å². The van der Waals surface area contributed by atoms with Gasteiger partial charge >= 0.3 is 12.1 Å². The molecule has 236 valence electrons. The highest BCUT2D eigenvalue weighted by Gasteiger charge is 2.46. The average molecular weight is 612 g/mol. The monoisotopic (exact) mass is 611 g/mol. The van der Waals surface area contributed by atoms with Crippen molar-refractivity contribution in [3.8, 4) is 0 Å². The van der Waals surface area contributed by atoms with Crippen LogP contribution in [0.25, 0.3) is 0 Å². The van der Waals surface area contributed by atoms with E-state index in [1.807, 2.05) is 30.3 Å². The standard InChI is InChI=1S/C32H37NO11/c1-22(35)44-29(30(40-2)31(38)33-27(21-43-32(33)39)24-12-7-4-8-13-24)28(37)16-15-25(36)14-9-17-41-20-26(18-34)42-19-23-10-5-3-6-11-23/h3-8,10-13,15-16,26-27,29-30,34H,9,14,17-21H2,1-2H3/t26-,27+,29+,30-/m1/s1. The van der Waals surface area contributed by atoms with Crippen LogP contribution in [-0.2, 0) is 49.5 Å². The highest BCUT2D eigenvalue weighted by molar-refractivity contribution is 6.05. The van der Waals surface area contributed by atoms with Crippen molar-refractivity contribution in [2.45, 2.75) is 50.7 Å². The Morgan fingerprint density at radius 1 is 1.02 bits per heavy atom. The number of ether oxygens (including phenoxy) is 5. The molecule has 0 unspecified atom stereocenters. The number of nitrogens with zero attached hydrogens (tertiary/aromatic N) is 1. The first kappa shape index (κ1) is 34.3. The Hall–Kier alpha value is -4.23. The van der Waals surface area contributed by atoms with Gasteiger partial charge in [-0.15, -0.1) is 0 Å². The summed E-state index contributed by atoms with van der Waals surface area (Å²) >= 11 is 0. The van der Waals surface area contributed by atoms with Crippen LogP contribution < -0.4 is 0 Å². The third-order valence-electron chi connectivity index (χ3n) is 6.62. The number of ketones is 2. The van der Waals surface area contributed by atoms with Gasteiger partial charge in [-0.2, -0.15) is 0 Å². The first-order valence-electron chi connectivity index (χ1n) is 14.1. The van der Waals surface area contributed by atoms with Crippen molar-refractivity contribution in [2.75, 3.05) is 33.5 Å². The van der Waals surface area contributed by atoms with E-state index in [1.54, 1.807) is 30.3 Å². The number of rotatable bonds is 18. The van der Waals surface area contributed by atoms with Gasteiger partial charge in [-0.25, -0.2) is 9.69 Å². The summed E-state index contributed by atoms with van der Waals surface area (Å²) in [6.45, 7) is 1.40. The maximum atomic E-state index is 13.4. The van der Waals surface area contributed by atoms with Crippen LogP contribution in [0.15, 0.2) is 72.8 Å². The van der Waals surface area contributed by atoms with Gasteiger partial charge in [0.25, 0.3) is 5.91 Å². The number of cyclic esters (lactones) is 1. The molecule has 1 N–H and O–H groups in total. The third-order valence-corrected chi connectivity index (χ3v) is 6.62. The smallest absolute Gasteiger partial charge is 0.417 e. The molecular formula is C32H37NO11. The second kappa shape index (κ2) is 17.8. The molecule has 1 heterocycles. The predicted molar refractivity (Wildman–Crippen MR) is 155 cm³/mol. The van der Waals surface area contributed by atoms with Crippen LogP contribution in [0.4, 0.5) is 4.79 Å². The zero-order chi connectivity index (χ0) is 31.9. The summed E-state index contributed by atoms with van der Waals surface area (Å²) in [5, 5.41) is 9.51. The van der Waals surface area contributed by atoms with Gasteiger partial charge in [-0.3, -0.25) is 19.2 Å². The third kappa shape index (κ3) is 10.2. The molecule has 4 atom stereocenters. The van der Waals surface area contributed by atoms with Crippen molar-refractivity contribution in [1.29, 1.82) is 0 Å². The van der Waals surface area contributed by atoms with Crippen LogP contribution in [0, 0.1) is 0 Å². The summed E-state index contributed by atoms with van der Waals surface area (Å²) in [7, 11) is 1.13. The lowest BCUT2D eigenvalue weighted by atomic mass is 10.0. The molecule has 2 amide bonds. The summed E-state index contributed by atoms with van der Waals surface area (Å²) in [4.78, 5) is 64.0. The van der Waals surface area contributed by atoms with Crippen molar-refractivity contribution in [2.24, 2.45) is 0 Å². The fraction of sp³-hybridized carbons (Fsp3) is 0.406. The van der Waals surface area contributed by atoms with Gasteiger partial charge in [0.1, 0.15) is 18.8 Å². The van der Waals surface area contributed by atoms with E-state index < -0.39 is 53.9 Å². The maximum Gasteiger partial charge on any atom is 0.417 e. The highest BCUT2D eigenvalue weighted by atomic mass is 16.6. The van der Waals surface area contributed by atoms with Crippen LogP contribution in [0.2, 0.25) is 0 Å². The Labute approximate surface area is 255 Å². The molecule has 0 aromatic heterocycles. The van der Waals surface area contributed by atoms with Gasteiger partial charge in [0.15, 0.2) is 23.8 Å². The van der Waals surface area contributed by atoms with E-state index in [9.17, 15) is 29.1 Å². The number of hydrogen-bond acceptors (Lipinski definition) is 11. The number of aliphatic hydroxyl groups excluding tert-OH is 1. The first-order chi connectivity index (χ1) is 21.2. The number of methoxy groups -OCH3 is 1. The Morgan fingerprint density at radius 3 is 2.34 bits per heavy atom. The minimum absolute atomic E-state index is 0.0433. The lowest BCUT2D eigenvalue weighted by Gasteiger charge is -2.27. The number of amides is 2. The molecule has 1 saturated heterocycles. The fourth-order valence-electron chi connectivity index (χ4n) is 4.38. The molecule has 0 saturated carbocycles. The molecule has 44 heavy (non-hydrogen) atoms. The quantitative estimate of drug-likeness (QED) is 0.150. The molecule has 0 aliphatic carbocycles. The van der Waals surface area contributed by atoms with Gasteiger partial charge in [0.05, 0.1) is 19.8 Å². The van der Waals surface area contributed by atoms with E-state index in [1.165, 1.54) is 0 Å². The number of aliphatic hydroxyl groups is 1. The van der Waals surface area contributed by atoms with Crippen molar-refractivity contribution in [3.63, 3.8) is 0 Å². The van der Waals surface area contributed by atoms with Gasteiger partial charge < -0.3 is 28.8 Å². The predicted octanol–water partition coefficient (Wildman–Crippen LogP) is 2.72. The van der Waals surface area contributed by atoms with E-state index in [0.717, 1.165) is 36.6 Å². The number of carbonyl (C=O) groups excluding carboxylic acids is 5. The number of allylic oxidation sites excluding steroid dienone is 1. The molecule has 0 radical (unpaired) electrons. The number of benzene rings is 2. The minimum Gasteiger partial charge on any atom is -0.451 e. The Kier molecular flexibility index (Phi) is 13.8. The summed E-state index contributed by atoms with van der Waals surface area (Å²) in [6, 6.07) is 17.4. The molecule has 0 spiro atoms. The van der Waals surface area contributed by atoms with Crippen LogP contribution in [-0.4, -0.2) is 91.4 Å². The maximum absolute atomic E-state index is 13.4. The summed E-state index contributed by atoms with van der Waals surface area (Å²) in [5.74, 6) is -3.09. The molecule has 1 aliphatic heterocycles. The molecule has 3 rings (SSSR count). The molecule has 2 aromatic carbocycles. The minimum atomic E-state index is -1.76. The molecule has 1 aliphatic rings. The second-order valence-corrected chi connectivity index (χ2v) is 9.88. The zero-order valence-electron chi connectivity index (χ0n) is 24.7. The average Bonchev–Trinajstić information content (AvgIpc) is 3.42. The van der Waals surface area contributed by atoms with E-state index in [-0.39, 0.29) is 32.8 Å². The Balaban J connectivity index is 1.52. The molecule has 2 aromatic rings. The number of imide groups is 1. The van der Waals surface area contributed by atoms with E-state index >= 15 is 0 Å². The SMILES string of the molecule is CO[C@@H](C(=O)N1C(=O)OC[C@H]1c1ccccc1)[C@@H](OC(C)=O)C(=O)C=CC(=O)CCCOC[C@@H](CO)OCc1ccccc1. The van der Waals surface area contributed by atoms with Crippen molar-refractivity contribution >= 4 is 29.5 Å². The van der Waals surface area contributed by atoms with Crippen molar-refractivity contribution < 1.29 is 52.8 Å². The van der Waals surface area contributed by atoms with Crippen molar-refractivity contribution in [3.05, 3.63) is 83.9 Å². The molecular weight excluding hydrogens is 574 g/mol. The van der Waals surface area contributed by atoms with Gasteiger partial charge in [0, 0.05) is 27.1 Å². The normalized spacial score (nSPS) is 16.8. The van der Waals surface area contributed by atoms with Gasteiger partial charge in [-0.05, 0) is 29.7 Å². The van der Waals surface area contributed by atoms with Crippen LogP contribution in [0.5, 0.6) is 0 Å². The molecule has 0 bridgehead atoms. The van der Waals surface area contributed by atoms with Crippen LogP contribution >= 0.6 is 0 Å². The van der Waals surface area contributed by atoms with Crippen LogP contribution in [0.1, 0.15) is 36.9 Å². The highest BCUT2D eigenvalue weighted by Crippen LogP contribution is 2.29. The lowest BCUT2D eigenvalue weighted by molar-refractivity contribution is -0.166. The largest absolute Gasteiger partial charge is 0.451 e. The topological polar surface area (TPSA) is 155 Å². The lowest BCUT2D eigenvalue weighted by Crippen LogP contribution is -2.51. The number of esters is 1. The van der Waals surface area contributed by atoms with E-state index in [4.69, 9.17) is 23.7 Å². The summed E-state index contributed by atoms with van der Waals surface area (Å²) in [6.07, 6.45) is -2.59. The van der Waals surface area contributed by atoms with E-state index in [0.29, 0.717) is 18.6 Å². The number of carbonyl (C=O) groups is 5. The molecule has 1 fully saturated rings. The summed E-state index contributed by atoms with van der Waals surface area (Å²) < 4.78 is 26.6. The van der Waals surface area contributed by atoms with Gasteiger partial charge in [-0.1, -0.05) is 60.7 Å².